The SMILES string of the molecule is O=C(Nc1cccc(C#Cc2ccccn2)c1)C1(c2ccccc2)CCC1. The molecule has 0 radical (unpaired) electrons. The predicted octanol–water partition coefficient (Wildman–Crippen LogP) is 4.54. The maximum Gasteiger partial charge on any atom is 0.235 e. The van der Waals surface area contributed by atoms with Crippen molar-refractivity contribution in [3.05, 3.63) is 95.8 Å². The molecule has 0 bridgehead atoms. The normalized spacial score (nSPS) is 14.4. The van der Waals surface area contributed by atoms with Crippen LogP contribution >= 0.6 is 0 Å². The van der Waals surface area contributed by atoms with Crippen LogP contribution in [-0.2, 0) is 10.2 Å². The number of pyridine rings is 1. The highest BCUT2D eigenvalue weighted by molar-refractivity contribution is 6.00. The first-order valence-corrected chi connectivity index (χ1v) is 9.16. The molecule has 1 fully saturated rings. The van der Waals surface area contributed by atoms with E-state index in [0.29, 0.717) is 0 Å². The van der Waals surface area contributed by atoms with Gasteiger partial charge >= 0.3 is 0 Å². The summed E-state index contributed by atoms with van der Waals surface area (Å²) < 4.78 is 0. The highest BCUT2D eigenvalue weighted by Crippen LogP contribution is 2.44. The topological polar surface area (TPSA) is 42.0 Å². The molecule has 3 heteroatoms. The fourth-order valence-corrected chi connectivity index (χ4v) is 3.43. The molecule has 2 aromatic carbocycles. The van der Waals surface area contributed by atoms with E-state index in [4.69, 9.17) is 0 Å². The van der Waals surface area contributed by atoms with Gasteiger partial charge in [0.1, 0.15) is 5.69 Å². The maximum atomic E-state index is 13.1. The van der Waals surface area contributed by atoms with Gasteiger partial charge in [0.2, 0.25) is 5.91 Å². The van der Waals surface area contributed by atoms with E-state index >= 15 is 0 Å². The van der Waals surface area contributed by atoms with Crippen LogP contribution in [0.3, 0.4) is 0 Å². The Morgan fingerprint density at radius 3 is 2.44 bits per heavy atom. The van der Waals surface area contributed by atoms with E-state index in [1.165, 1.54) is 0 Å². The van der Waals surface area contributed by atoms with E-state index < -0.39 is 5.41 Å². The van der Waals surface area contributed by atoms with Crippen molar-refractivity contribution >= 4 is 11.6 Å². The highest BCUT2D eigenvalue weighted by atomic mass is 16.2. The van der Waals surface area contributed by atoms with Crippen LogP contribution in [0.1, 0.15) is 36.1 Å². The van der Waals surface area contributed by atoms with Gasteiger partial charge in [0, 0.05) is 17.4 Å². The first-order chi connectivity index (χ1) is 13.3. The summed E-state index contributed by atoms with van der Waals surface area (Å²) in [5.74, 6) is 6.22. The molecule has 1 saturated carbocycles. The van der Waals surface area contributed by atoms with Crippen molar-refractivity contribution in [1.29, 1.82) is 0 Å². The molecule has 1 aromatic heterocycles. The second-order valence-corrected chi connectivity index (χ2v) is 6.80. The zero-order chi connectivity index (χ0) is 18.5. The monoisotopic (exact) mass is 352 g/mol. The Morgan fingerprint density at radius 1 is 0.926 bits per heavy atom. The minimum atomic E-state index is -0.406. The number of benzene rings is 2. The van der Waals surface area contributed by atoms with E-state index in [2.05, 4.69) is 22.1 Å². The van der Waals surface area contributed by atoms with Crippen LogP contribution in [0.25, 0.3) is 0 Å². The Kier molecular flexibility index (Phi) is 4.72. The second kappa shape index (κ2) is 7.47. The van der Waals surface area contributed by atoms with E-state index in [1.54, 1.807) is 6.20 Å². The summed E-state index contributed by atoms with van der Waals surface area (Å²) in [5, 5.41) is 3.10. The molecule has 3 nitrogen and oxygen atoms in total. The lowest BCUT2D eigenvalue weighted by molar-refractivity contribution is -0.124. The third-order valence-corrected chi connectivity index (χ3v) is 5.09. The molecular weight excluding hydrogens is 332 g/mol. The van der Waals surface area contributed by atoms with Crippen molar-refractivity contribution in [3.63, 3.8) is 0 Å². The molecule has 1 aliphatic rings. The smallest absolute Gasteiger partial charge is 0.235 e. The number of hydrogen-bond donors (Lipinski definition) is 1. The quantitative estimate of drug-likeness (QED) is 0.703. The lowest BCUT2D eigenvalue weighted by Crippen LogP contribution is -2.45. The van der Waals surface area contributed by atoms with E-state index in [0.717, 1.165) is 41.8 Å². The van der Waals surface area contributed by atoms with Crippen LogP contribution in [0.5, 0.6) is 0 Å². The zero-order valence-electron chi connectivity index (χ0n) is 15.0. The molecule has 3 aromatic rings. The summed E-state index contributed by atoms with van der Waals surface area (Å²) >= 11 is 0. The third kappa shape index (κ3) is 3.61. The molecule has 1 amide bonds. The van der Waals surface area contributed by atoms with Gasteiger partial charge in [0.15, 0.2) is 0 Å². The fourth-order valence-electron chi connectivity index (χ4n) is 3.43. The lowest BCUT2D eigenvalue weighted by Gasteiger charge is -2.40. The van der Waals surface area contributed by atoms with E-state index in [-0.39, 0.29) is 5.91 Å². The van der Waals surface area contributed by atoms with Gasteiger partial charge in [-0.3, -0.25) is 4.79 Å². The molecule has 0 spiro atoms. The van der Waals surface area contributed by atoms with Crippen LogP contribution in [0.15, 0.2) is 79.0 Å². The first-order valence-electron chi connectivity index (χ1n) is 9.16. The van der Waals surface area contributed by atoms with E-state index in [1.807, 2.05) is 72.8 Å². The summed E-state index contributed by atoms with van der Waals surface area (Å²) in [6.45, 7) is 0. The number of hydrogen-bond acceptors (Lipinski definition) is 2. The summed E-state index contributed by atoms with van der Waals surface area (Å²) in [6, 6.07) is 23.4. The number of anilines is 1. The zero-order valence-corrected chi connectivity index (χ0v) is 15.0. The highest BCUT2D eigenvalue weighted by Gasteiger charge is 2.45. The maximum absolute atomic E-state index is 13.1. The Bertz CT molecular complexity index is 997. The van der Waals surface area contributed by atoms with Gasteiger partial charge in [-0.2, -0.15) is 0 Å². The molecule has 132 valence electrons. The fraction of sp³-hybridized carbons (Fsp3) is 0.167. The minimum absolute atomic E-state index is 0.0646. The van der Waals surface area contributed by atoms with E-state index in [9.17, 15) is 4.79 Å². The van der Waals surface area contributed by atoms with Crippen molar-refractivity contribution in [3.8, 4) is 11.8 Å². The third-order valence-electron chi connectivity index (χ3n) is 5.09. The molecular formula is C24H20N2O. The van der Waals surface area contributed by atoms with Gasteiger partial charge in [-0.1, -0.05) is 54.8 Å². The van der Waals surface area contributed by atoms with Crippen LogP contribution in [0, 0.1) is 11.8 Å². The number of aromatic nitrogens is 1. The van der Waals surface area contributed by atoms with Gasteiger partial charge < -0.3 is 5.32 Å². The van der Waals surface area contributed by atoms with Gasteiger partial charge in [-0.05, 0) is 54.7 Å². The number of carbonyl (C=O) groups is 1. The summed E-state index contributed by atoms with van der Waals surface area (Å²) in [4.78, 5) is 17.3. The molecule has 0 aliphatic heterocycles. The number of amides is 1. The Hall–Kier alpha value is -3.38. The molecule has 0 saturated heterocycles. The molecule has 27 heavy (non-hydrogen) atoms. The van der Waals surface area contributed by atoms with Gasteiger partial charge in [0.25, 0.3) is 0 Å². The van der Waals surface area contributed by atoms with Crippen LogP contribution < -0.4 is 5.32 Å². The number of nitrogens with zero attached hydrogens (tertiary/aromatic N) is 1. The molecule has 0 unspecified atom stereocenters. The number of carbonyl (C=O) groups excluding carboxylic acids is 1. The van der Waals surface area contributed by atoms with Crippen molar-refractivity contribution in [1.82, 2.24) is 4.98 Å². The minimum Gasteiger partial charge on any atom is -0.325 e. The van der Waals surface area contributed by atoms with Crippen molar-refractivity contribution < 1.29 is 4.79 Å². The van der Waals surface area contributed by atoms with Crippen LogP contribution in [0.2, 0.25) is 0 Å². The molecule has 1 aliphatic carbocycles. The molecule has 1 N–H and O–H groups in total. The van der Waals surface area contributed by atoms with Crippen molar-refractivity contribution in [2.75, 3.05) is 5.32 Å². The average Bonchev–Trinajstić information content (AvgIpc) is 2.67. The van der Waals surface area contributed by atoms with Crippen molar-refractivity contribution in [2.24, 2.45) is 0 Å². The number of nitrogens with one attached hydrogen (secondary N) is 1. The Morgan fingerprint density at radius 2 is 1.74 bits per heavy atom. The largest absolute Gasteiger partial charge is 0.325 e. The number of rotatable bonds is 3. The second-order valence-electron chi connectivity index (χ2n) is 6.80. The Balaban J connectivity index is 1.53. The van der Waals surface area contributed by atoms with Crippen LogP contribution in [-0.4, -0.2) is 10.9 Å². The lowest BCUT2D eigenvalue weighted by atomic mass is 9.64. The summed E-state index contributed by atoms with van der Waals surface area (Å²) in [5.41, 5.74) is 3.04. The van der Waals surface area contributed by atoms with Gasteiger partial charge in [0.05, 0.1) is 5.41 Å². The standard InChI is InChI=1S/C24H20N2O/c27-23(24(15-7-16-24)20-9-2-1-3-10-20)26-22-12-6-8-19(18-22)13-14-21-11-4-5-17-25-21/h1-6,8-12,17-18H,7,15-16H2,(H,26,27). The molecule has 4 rings (SSSR count). The van der Waals surface area contributed by atoms with Gasteiger partial charge in [-0.25, -0.2) is 4.98 Å². The molecule has 1 heterocycles. The molecule has 0 atom stereocenters. The first kappa shape index (κ1) is 17.1. The summed E-state index contributed by atoms with van der Waals surface area (Å²) in [6.07, 6.45) is 4.59. The predicted molar refractivity (Wildman–Crippen MR) is 107 cm³/mol. The Labute approximate surface area is 159 Å². The average molecular weight is 352 g/mol. The van der Waals surface area contributed by atoms with Crippen LogP contribution in [0.4, 0.5) is 5.69 Å². The van der Waals surface area contributed by atoms with Gasteiger partial charge in [-0.15, -0.1) is 0 Å². The van der Waals surface area contributed by atoms with Crippen molar-refractivity contribution in [2.45, 2.75) is 24.7 Å². The summed E-state index contributed by atoms with van der Waals surface area (Å²) in [7, 11) is 0.